The number of hydrogen-bond acceptors (Lipinski definition) is 4. The first kappa shape index (κ1) is 16.4. The summed E-state index contributed by atoms with van der Waals surface area (Å²) in [4.78, 5) is 38.8. The fourth-order valence-corrected chi connectivity index (χ4v) is 3.71. The van der Waals surface area contributed by atoms with Gasteiger partial charge in [0.25, 0.3) is 17.7 Å². The van der Waals surface area contributed by atoms with Gasteiger partial charge < -0.3 is 5.32 Å². The minimum Gasteiger partial charge on any atom is -0.344 e. The molecule has 0 saturated carbocycles. The number of amides is 3. The maximum absolute atomic E-state index is 12.6. The van der Waals surface area contributed by atoms with Crippen LogP contribution in [0.15, 0.2) is 35.7 Å². The molecule has 1 N–H and O–H groups in total. The summed E-state index contributed by atoms with van der Waals surface area (Å²) in [6.07, 6.45) is 0. The largest absolute Gasteiger partial charge is 0.344 e. The van der Waals surface area contributed by atoms with Crippen molar-refractivity contribution in [3.63, 3.8) is 0 Å². The number of hydrogen-bond donors (Lipinski definition) is 1. The number of rotatable bonds is 4. The molecule has 0 bridgehead atoms. The molecule has 24 heavy (non-hydrogen) atoms. The van der Waals surface area contributed by atoms with Crippen molar-refractivity contribution in [3.8, 4) is 0 Å². The van der Waals surface area contributed by atoms with E-state index in [1.807, 2.05) is 31.4 Å². The second-order valence-corrected chi connectivity index (χ2v) is 7.12. The Morgan fingerprint density at radius 1 is 1.12 bits per heavy atom. The third kappa shape index (κ3) is 2.73. The Balaban J connectivity index is 1.86. The first-order chi connectivity index (χ1) is 11.4. The standard InChI is InChI=1S/C18H18N2O3S/c1-10(2)15(14-5-4-8-24-14)19-16(21)11-6-7-12-13(9-11)18(23)20(3)17(12)22/h4-10,15H,1-3H3,(H,19,21). The average molecular weight is 342 g/mol. The molecule has 3 amide bonds. The lowest BCUT2D eigenvalue weighted by molar-refractivity contribution is 0.0693. The molecule has 0 radical (unpaired) electrons. The van der Waals surface area contributed by atoms with Gasteiger partial charge in [-0.3, -0.25) is 19.3 Å². The minimum atomic E-state index is -0.372. The molecule has 1 aromatic carbocycles. The fourth-order valence-electron chi connectivity index (χ4n) is 2.76. The third-order valence-corrected chi connectivity index (χ3v) is 5.11. The van der Waals surface area contributed by atoms with Crippen LogP contribution in [-0.2, 0) is 0 Å². The molecule has 0 spiro atoms. The van der Waals surface area contributed by atoms with Crippen LogP contribution in [0.5, 0.6) is 0 Å². The van der Waals surface area contributed by atoms with E-state index in [0.717, 1.165) is 9.78 Å². The van der Waals surface area contributed by atoms with Gasteiger partial charge in [0.2, 0.25) is 0 Å². The van der Waals surface area contributed by atoms with E-state index in [2.05, 4.69) is 5.32 Å². The van der Waals surface area contributed by atoms with E-state index in [4.69, 9.17) is 0 Å². The summed E-state index contributed by atoms with van der Waals surface area (Å²) in [5.74, 6) is -0.722. The second kappa shape index (κ2) is 6.20. The van der Waals surface area contributed by atoms with Crippen molar-refractivity contribution in [3.05, 3.63) is 57.3 Å². The maximum atomic E-state index is 12.6. The number of carbonyl (C=O) groups excluding carboxylic acids is 3. The van der Waals surface area contributed by atoms with Crippen molar-refractivity contribution >= 4 is 29.1 Å². The molecule has 2 heterocycles. The summed E-state index contributed by atoms with van der Waals surface area (Å²) in [5.41, 5.74) is 1.01. The summed E-state index contributed by atoms with van der Waals surface area (Å²) in [7, 11) is 1.44. The molecular formula is C18H18N2O3S. The van der Waals surface area contributed by atoms with Crippen LogP contribution in [0.4, 0.5) is 0 Å². The van der Waals surface area contributed by atoms with Crippen molar-refractivity contribution in [1.29, 1.82) is 0 Å². The van der Waals surface area contributed by atoms with Gasteiger partial charge in [-0.15, -0.1) is 11.3 Å². The molecule has 5 nitrogen and oxygen atoms in total. The molecular weight excluding hydrogens is 324 g/mol. The van der Waals surface area contributed by atoms with Crippen LogP contribution >= 0.6 is 11.3 Å². The van der Waals surface area contributed by atoms with Crippen LogP contribution in [0.25, 0.3) is 0 Å². The van der Waals surface area contributed by atoms with Crippen LogP contribution in [0, 0.1) is 5.92 Å². The van der Waals surface area contributed by atoms with E-state index in [-0.39, 0.29) is 35.2 Å². The van der Waals surface area contributed by atoms with E-state index < -0.39 is 0 Å². The maximum Gasteiger partial charge on any atom is 0.261 e. The summed E-state index contributed by atoms with van der Waals surface area (Å²) < 4.78 is 0. The van der Waals surface area contributed by atoms with Gasteiger partial charge >= 0.3 is 0 Å². The molecule has 0 aliphatic carbocycles. The van der Waals surface area contributed by atoms with Crippen molar-refractivity contribution < 1.29 is 14.4 Å². The van der Waals surface area contributed by atoms with E-state index >= 15 is 0 Å². The summed E-state index contributed by atoms with van der Waals surface area (Å²) in [6, 6.07) is 8.49. The van der Waals surface area contributed by atoms with Gasteiger partial charge in [-0.25, -0.2) is 0 Å². The highest BCUT2D eigenvalue weighted by Gasteiger charge is 2.33. The van der Waals surface area contributed by atoms with Gasteiger partial charge in [0, 0.05) is 17.5 Å². The quantitative estimate of drug-likeness (QED) is 0.868. The number of imide groups is 1. The summed E-state index contributed by atoms with van der Waals surface area (Å²) in [6.45, 7) is 4.09. The number of benzene rings is 1. The molecule has 1 aliphatic heterocycles. The van der Waals surface area contributed by atoms with Crippen LogP contribution in [0.1, 0.15) is 55.8 Å². The highest BCUT2D eigenvalue weighted by atomic mass is 32.1. The molecule has 1 aromatic heterocycles. The van der Waals surface area contributed by atoms with Crippen LogP contribution in [0.2, 0.25) is 0 Å². The van der Waals surface area contributed by atoms with E-state index in [0.29, 0.717) is 11.1 Å². The van der Waals surface area contributed by atoms with Crippen molar-refractivity contribution in [2.24, 2.45) is 5.92 Å². The Bertz CT molecular complexity index is 812. The molecule has 1 unspecified atom stereocenters. The molecule has 124 valence electrons. The van der Waals surface area contributed by atoms with Crippen LogP contribution in [0.3, 0.4) is 0 Å². The number of thiophene rings is 1. The molecule has 3 rings (SSSR count). The number of fused-ring (bicyclic) bond motifs is 1. The summed E-state index contributed by atoms with van der Waals surface area (Å²) >= 11 is 1.60. The SMILES string of the molecule is CC(C)C(NC(=O)c1ccc2c(c1)C(=O)N(C)C2=O)c1cccs1. The highest BCUT2D eigenvalue weighted by molar-refractivity contribution is 7.10. The second-order valence-electron chi connectivity index (χ2n) is 6.14. The van der Waals surface area contributed by atoms with Crippen molar-refractivity contribution in [2.45, 2.75) is 19.9 Å². The Morgan fingerprint density at radius 2 is 1.83 bits per heavy atom. The lowest BCUT2D eigenvalue weighted by Crippen LogP contribution is -2.31. The first-order valence-electron chi connectivity index (χ1n) is 7.71. The molecule has 0 fully saturated rings. The lowest BCUT2D eigenvalue weighted by atomic mass is 10.0. The lowest BCUT2D eigenvalue weighted by Gasteiger charge is -2.21. The average Bonchev–Trinajstić information content (AvgIpc) is 3.16. The fraction of sp³-hybridized carbons (Fsp3) is 0.278. The smallest absolute Gasteiger partial charge is 0.261 e. The topological polar surface area (TPSA) is 66.5 Å². The Morgan fingerprint density at radius 3 is 2.46 bits per heavy atom. The first-order valence-corrected chi connectivity index (χ1v) is 8.59. The van der Waals surface area contributed by atoms with Gasteiger partial charge in [0.1, 0.15) is 0 Å². The summed E-state index contributed by atoms with van der Waals surface area (Å²) in [5, 5.41) is 5.00. The van der Waals surface area contributed by atoms with Gasteiger partial charge in [-0.1, -0.05) is 19.9 Å². The molecule has 0 saturated heterocycles. The van der Waals surface area contributed by atoms with Crippen LogP contribution in [-0.4, -0.2) is 29.7 Å². The zero-order valence-electron chi connectivity index (χ0n) is 13.7. The molecule has 1 aliphatic rings. The van der Waals surface area contributed by atoms with E-state index in [1.54, 1.807) is 23.5 Å². The number of carbonyl (C=O) groups is 3. The van der Waals surface area contributed by atoms with Gasteiger partial charge in [-0.2, -0.15) is 0 Å². The minimum absolute atomic E-state index is 0.0919. The molecule has 6 heteroatoms. The Labute approximate surface area is 144 Å². The van der Waals surface area contributed by atoms with E-state index in [1.165, 1.54) is 13.1 Å². The predicted octanol–water partition coefficient (Wildman–Crippen LogP) is 3.10. The van der Waals surface area contributed by atoms with Gasteiger partial charge in [0.05, 0.1) is 17.2 Å². The molecule has 1 atom stereocenters. The monoisotopic (exact) mass is 342 g/mol. The molecule has 2 aromatic rings. The van der Waals surface area contributed by atoms with Gasteiger partial charge in [-0.05, 0) is 35.6 Å². The highest BCUT2D eigenvalue weighted by Crippen LogP contribution is 2.27. The van der Waals surface area contributed by atoms with Crippen molar-refractivity contribution in [2.75, 3.05) is 7.05 Å². The van der Waals surface area contributed by atoms with E-state index in [9.17, 15) is 14.4 Å². The third-order valence-electron chi connectivity index (χ3n) is 4.15. The van der Waals surface area contributed by atoms with Crippen molar-refractivity contribution in [1.82, 2.24) is 10.2 Å². The van der Waals surface area contributed by atoms with Gasteiger partial charge in [0.15, 0.2) is 0 Å². The van der Waals surface area contributed by atoms with Crippen LogP contribution < -0.4 is 5.32 Å². The number of nitrogens with one attached hydrogen (secondary N) is 1. The zero-order valence-corrected chi connectivity index (χ0v) is 14.5. The Kier molecular flexibility index (Phi) is 4.24. The predicted molar refractivity (Wildman–Crippen MR) is 92.2 cm³/mol. The number of nitrogens with zero attached hydrogens (tertiary/aromatic N) is 1. The Hall–Kier alpha value is -2.47. The zero-order chi connectivity index (χ0) is 17.4. The normalized spacial score (nSPS) is 14.9.